The Bertz CT molecular complexity index is 1060. The third kappa shape index (κ3) is 5.48. The van der Waals surface area contributed by atoms with Crippen LogP contribution in [0.25, 0.3) is 0 Å². The van der Waals surface area contributed by atoms with Gasteiger partial charge in [-0.15, -0.1) is 0 Å². The molecule has 0 bridgehead atoms. The minimum atomic E-state index is -0.684. The van der Waals surface area contributed by atoms with Gasteiger partial charge in [0.1, 0.15) is 0 Å². The number of halogens is 1. The largest absolute Gasteiger partial charge is 0.459 e. The van der Waals surface area contributed by atoms with Crippen molar-refractivity contribution < 1.29 is 23.5 Å². The van der Waals surface area contributed by atoms with Crippen LogP contribution in [0.4, 0.5) is 5.69 Å². The third-order valence-corrected chi connectivity index (χ3v) is 4.60. The molecule has 0 spiro atoms. The van der Waals surface area contributed by atoms with Gasteiger partial charge in [0.05, 0.1) is 11.8 Å². The Kier molecular flexibility index (Phi) is 6.87. The summed E-state index contributed by atoms with van der Waals surface area (Å²) in [5.74, 6) is -1.43. The highest BCUT2D eigenvalue weighted by atomic mass is 35.5. The summed E-state index contributed by atoms with van der Waals surface area (Å²) in [6.07, 6.45) is 1.40. The molecule has 0 radical (unpaired) electrons. The first kappa shape index (κ1) is 21.1. The molecule has 2 aromatic carbocycles. The van der Waals surface area contributed by atoms with Crippen molar-refractivity contribution >= 4 is 35.1 Å². The minimum absolute atomic E-state index is 0.151. The molecule has 2 amide bonds. The summed E-state index contributed by atoms with van der Waals surface area (Å²) in [5.41, 5.74) is 2.15. The van der Waals surface area contributed by atoms with Crippen LogP contribution in [0.5, 0.6) is 0 Å². The third-order valence-electron chi connectivity index (χ3n) is 4.23. The quantitative estimate of drug-likeness (QED) is 0.557. The Hall–Kier alpha value is -3.58. The fourth-order valence-corrected chi connectivity index (χ4v) is 2.78. The van der Waals surface area contributed by atoms with E-state index in [2.05, 4.69) is 10.6 Å². The lowest BCUT2D eigenvalue weighted by molar-refractivity contribution is -0.124. The molecule has 0 aliphatic rings. The molecule has 3 aromatic rings. The van der Waals surface area contributed by atoms with Gasteiger partial charge in [0.25, 0.3) is 11.8 Å². The molecular formula is C22H19ClN2O5. The van der Waals surface area contributed by atoms with Gasteiger partial charge in [-0.05, 0) is 48.4 Å². The molecule has 0 fully saturated rings. The highest BCUT2D eigenvalue weighted by Gasteiger charge is 2.15. The van der Waals surface area contributed by atoms with Crippen molar-refractivity contribution in [2.24, 2.45) is 0 Å². The Balaban J connectivity index is 1.55. The molecule has 0 saturated heterocycles. The van der Waals surface area contributed by atoms with Gasteiger partial charge < -0.3 is 19.8 Å². The lowest BCUT2D eigenvalue weighted by Crippen LogP contribution is -2.28. The average Bonchev–Trinajstić information content (AvgIpc) is 3.28. The van der Waals surface area contributed by atoms with Crippen LogP contribution in [0.15, 0.2) is 65.3 Å². The van der Waals surface area contributed by atoms with Crippen LogP contribution in [0, 0.1) is 6.92 Å². The monoisotopic (exact) mass is 426 g/mol. The van der Waals surface area contributed by atoms with Crippen LogP contribution < -0.4 is 10.6 Å². The summed E-state index contributed by atoms with van der Waals surface area (Å²) in [6, 6.07) is 15.0. The lowest BCUT2D eigenvalue weighted by atomic mass is 10.1. The van der Waals surface area contributed by atoms with Crippen LogP contribution in [-0.2, 0) is 16.1 Å². The fourth-order valence-electron chi connectivity index (χ4n) is 2.58. The van der Waals surface area contributed by atoms with Gasteiger partial charge in [-0.3, -0.25) is 9.59 Å². The number of hydrogen-bond donors (Lipinski definition) is 2. The fraction of sp³-hybridized carbons (Fsp3) is 0.136. The molecule has 3 rings (SSSR count). The number of furan rings is 1. The van der Waals surface area contributed by atoms with Gasteiger partial charge in [-0.2, -0.15) is 0 Å². The molecule has 154 valence electrons. The number of hydrogen-bond acceptors (Lipinski definition) is 5. The van der Waals surface area contributed by atoms with E-state index in [9.17, 15) is 14.4 Å². The normalized spacial score (nSPS) is 10.3. The first-order valence-corrected chi connectivity index (χ1v) is 9.44. The van der Waals surface area contributed by atoms with Crippen molar-refractivity contribution in [3.8, 4) is 0 Å². The van der Waals surface area contributed by atoms with E-state index in [4.69, 9.17) is 20.8 Å². The molecule has 0 aliphatic heterocycles. The van der Waals surface area contributed by atoms with Crippen LogP contribution in [0.3, 0.4) is 0 Å². The van der Waals surface area contributed by atoms with Crippen molar-refractivity contribution in [2.75, 3.05) is 11.9 Å². The number of carbonyl (C=O) groups excluding carboxylic acids is 3. The predicted molar refractivity (Wildman–Crippen MR) is 111 cm³/mol. The zero-order chi connectivity index (χ0) is 21.5. The van der Waals surface area contributed by atoms with Gasteiger partial charge in [-0.1, -0.05) is 35.9 Å². The minimum Gasteiger partial charge on any atom is -0.459 e. The van der Waals surface area contributed by atoms with Gasteiger partial charge in [0, 0.05) is 17.3 Å². The standard InChI is InChI=1S/C22H19ClN2O5/c1-14-8-9-15(11-18(14)25-21(27)19-7-4-10-29-19)22(28)30-13-20(26)24-12-16-5-2-3-6-17(16)23/h2-11H,12-13H2,1H3,(H,24,26)(H,25,27). The molecule has 2 N–H and O–H groups in total. The van der Waals surface area contributed by atoms with E-state index in [1.807, 2.05) is 6.07 Å². The molecular weight excluding hydrogens is 408 g/mol. The highest BCUT2D eigenvalue weighted by molar-refractivity contribution is 6.31. The summed E-state index contributed by atoms with van der Waals surface area (Å²) < 4.78 is 10.1. The average molecular weight is 427 g/mol. The number of carbonyl (C=O) groups is 3. The van der Waals surface area contributed by atoms with E-state index in [1.165, 1.54) is 18.4 Å². The number of aryl methyl sites for hydroxylation is 1. The van der Waals surface area contributed by atoms with Crippen molar-refractivity contribution in [2.45, 2.75) is 13.5 Å². The summed E-state index contributed by atoms with van der Waals surface area (Å²) in [6.45, 7) is 1.57. The van der Waals surface area contributed by atoms with Crippen LogP contribution in [-0.4, -0.2) is 24.4 Å². The van der Waals surface area contributed by atoms with E-state index in [0.717, 1.165) is 11.1 Å². The number of ether oxygens (including phenoxy) is 1. The molecule has 8 heteroatoms. The highest BCUT2D eigenvalue weighted by Crippen LogP contribution is 2.19. The van der Waals surface area contributed by atoms with Crippen molar-refractivity contribution in [3.05, 3.63) is 88.3 Å². The van der Waals surface area contributed by atoms with Gasteiger partial charge in [-0.25, -0.2) is 4.79 Å². The maximum Gasteiger partial charge on any atom is 0.338 e. The smallest absolute Gasteiger partial charge is 0.338 e. The number of amides is 2. The van der Waals surface area contributed by atoms with E-state index < -0.39 is 24.4 Å². The number of esters is 1. The SMILES string of the molecule is Cc1ccc(C(=O)OCC(=O)NCc2ccccc2Cl)cc1NC(=O)c1ccco1. The first-order chi connectivity index (χ1) is 14.4. The Morgan fingerprint density at radius 1 is 1.07 bits per heavy atom. The summed E-state index contributed by atoms with van der Waals surface area (Å²) >= 11 is 6.04. The second kappa shape index (κ2) is 9.76. The summed E-state index contributed by atoms with van der Waals surface area (Å²) in [7, 11) is 0. The number of benzene rings is 2. The molecule has 1 heterocycles. The molecule has 1 aromatic heterocycles. The van der Waals surface area contributed by atoms with Gasteiger partial charge in [0.2, 0.25) is 0 Å². The molecule has 7 nitrogen and oxygen atoms in total. The first-order valence-electron chi connectivity index (χ1n) is 9.07. The molecule has 30 heavy (non-hydrogen) atoms. The Labute approximate surface area is 178 Å². The van der Waals surface area contributed by atoms with E-state index in [1.54, 1.807) is 43.3 Å². The van der Waals surface area contributed by atoms with Crippen molar-refractivity contribution in [1.82, 2.24) is 5.32 Å². The maximum atomic E-state index is 12.3. The van der Waals surface area contributed by atoms with Crippen molar-refractivity contribution in [1.29, 1.82) is 0 Å². The molecule has 0 atom stereocenters. The van der Waals surface area contributed by atoms with E-state index in [0.29, 0.717) is 10.7 Å². The van der Waals surface area contributed by atoms with Crippen LogP contribution >= 0.6 is 11.6 Å². The van der Waals surface area contributed by atoms with Gasteiger partial charge in [0.15, 0.2) is 12.4 Å². The number of nitrogens with one attached hydrogen (secondary N) is 2. The Morgan fingerprint density at radius 3 is 2.60 bits per heavy atom. The molecule has 0 saturated carbocycles. The maximum absolute atomic E-state index is 12.3. The van der Waals surface area contributed by atoms with E-state index in [-0.39, 0.29) is 17.9 Å². The van der Waals surface area contributed by atoms with E-state index >= 15 is 0 Å². The van der Waals surface area contributed by atoms with Gasteiger partial charge >= 0.3 is 5.97 Å². The summed E-state index contributed by atoms with van der Waals surface area (Å²) in [5, 5.41) is 5.87. The number of rotatable bonds is 7. The number of anilines is 1. The Morgan fingerprint density at radius 2 is 1.87 bits per heavy atom. The molecule has 0 aliphatic carbocycles. The summed E-state index contributed by atoms with van der Waals surface area (Å²) in [4.78, 5) is 36.4. The zero-order valence-corrected chi connectivity index (χ0v) is 16.9. The molecule has 0 unspecified atom stereocenters. The van der Waals surface area contributed by atoms with Crippen molar-refractivity contribution in [3.63, 3.8) is 0 Å². The van der Waals surface area contributed by atoms with Crippen LogP contribution in [0.2, 0.25) is 5.02 Å². The predicted octanol–water partition coefficient (Wildman–Crippen LogP) is 3.97. The second-order valence-electron chi connectivity index (χ2n) is 6.41. The zero-order valence-electron chi connectivity index (χ0n) is 16.1. The lowest BCUT2D eigenvalue weighted by Gasteiger charge is -2.10. The van der Waals surface area contributed by atoms with Crippen LogP contribution in [0.1, 0.15) is 32.0 Å². The topological polar surface area (TPSA) is 97.6 Å². The second-order valence-corrected chi connectivity index (χ2v) is 6.81.